The van der Waals surface area contributed by atoms with Crippen LogP contribution in [0.2, 0.25) is 0 Å². The Kier molecular flexibility index (Phi) is 5.77. The quantitative estimate of drug-likeness (QED) is 0.825. The lowest BCUT2D eigenvalue weighted by Crippen LogP contribution is -2.35. The van der Waals surface area contributed by atoms with Crippen LogP contribution in [0.5, 0.6) is 0 Å². The minimum atomic E-state index is -0.847. The van der Waals surface area contributed by atoms with Crippen LogP contribution in [-0.2, 0) is 4.79 Å². The molecule has 1 amide bonds. The Bertz CT molecular complexity index is 602. The van der Waals surface area contributed by atoms with Crippen LogP contribution in [0.25, 0.3) is 4.91 Å². The van der Waals surface area contributed by atoms with Crippen LogP contribution in [0.3, 0.4) is 0 Å². The molecule has 1 heterocycles. The molecule has 1 aliphatic carbocycles. The second kappa shape index (κ2) is 7.39. The van der Waals surface area contributed by atoms with Crippen molar-refractivity contribution in [2.45, 2.75) is 32.9 Å². The fraction of sp³-hybridized carbons (Fsp3) is 0.467. The number of hydrogen-bond donors (Lipinski definition) is 2. The van der Waals surface area contributed by atoms with Crippen molar-refractivity contribution >= 4 is 39.0 Å². The average molecular weight is 342 g/mol. The van der Waals surface area contributed by atoms with Crippen molar-refractivity contribution < 1.29 is 14.3 Å². The number of aliphatic hydroxyl groups is 1. The molecule has 1 saturated carbocycles. The zero-order valence-corrected chi connectivity index (χ0v) is 14.2. The first kappa shape index (κ1) is 17.2. The maximum absolute atomic E-state index is 12.8. The van der Waals surface area contributed by atoms with Gasteiger partial charge in [-0.3, -0.25) is 4.79 Å². The summed E-state index contributed by atoms with van der Waals surface area (Å²) in [7, 11) is 0. The Labute approximate surface area is 137 Å². The van der Waals surface area contributed by atoms with Gasteiger partial charge in [-0.1, -0.05) is 23.9 Å². The third-order valence-electron chi connectivity index (χ3n) is 3.30. The van der Waals surface area contributed by atoms with Crippen LogP contribution >= 0.6 is 23.1 Å². The summed E-state index contributed by atoms with van der Waals surface area (Å²) in [4.78, 5) is 17.9. The number of thioether (sulfide) groups is 1. The van der Waals surface area contributed by atoms with Gasteiger partial charge in [0.25, 0.3) is 0 Å². The first-order valence-electron chi connectivity index (χ1n) is 6.95. The Hall–Kier alpha value is -1.18. The van der Waals surface area contributed by atoms with E-state index < -0.39 is 6.17 Å². The highest BCUT2D eigenvalue weighted by atomic mass is 32.2. The number of nitrogens with zero attached hydrogens (tertiary/aromatic N) is 1. The van der Waals surface area contributed by atoms with Gasteiger partial charge in [-0.25, -0.2) is 9.37 Å². The lowest BCUT2D eigenvalue weighted by molar-refractivity contribution is -0.124. The second-order valence-corrected chi connectivity index (χ2v) is 7.47. The monoisotopic (exact) mass is 342 g/mol. The zero-order chi connectivity index (χ0) is 16.3. The van der Waals surface area contributed by atoms with E-state index in [1.165, 1.54) is 23.1 Å². The Morgan fingerprint density at radius 2 is 2.27 bits per heavy atom. The van der Waals surface area contributed by atoms with Gasteiger partial charge in [0.1, 0.15) is 6.17 Å². The highest BCUT2D eigenvalue weighted by Gasteiger charge is 2.34. The number of nitrogens with one attached hydrogen (secondary N) is 1. The van der Waals surface area contributed by atoms with Gasteiger partial charge in [-0.15, -0.1) is 11.3 Å². The van der Waals surface area contributed by atoms with Crippen LogP contribution in [0, 0.1) is 5.92 Å². The van der Waals surface area contributed by atoms with Crippen LogP contribution in [-0.4, -0.2) is 28.8 Å². The third-order valence-corrected chi connectivity index (χ3v) is 5.29. The standard InChI is InChI=1S/C15H19FN2O2S2/c1-8(2)13(22-9(3)6-19)12-7-21-15(17-12)18-14(20)10-4-11(16)5-10/h7,10-11,19H,3-6H2,1-2H3,(H,17,18,20)/t10-,11+. The summed E-state index contributed by atoms with van der Waals surface area (Å²) in [5.41, 5.74) is 1.80. The molecule has 1 aliphatic rings. The Morgan fingerprint density at radius 3 is 2.82 bits per heavy atom. The number of rotatable bonds is 6. The number of halogens is 1. The maximum Gasteiger partial charge on any atom is 0.229 e. The topological polar surface area (TPSA) is 62.2 Å². The van der Waals surface area contributed by atoms with E-state index in [2.05, 4.69) is 16.9 Å². The van der Waals surface area contributed by atoms with Gasteiger partial charge in [0.15, 0.2) is 5.13 Å². The molecule has 0 aliphatic heterocycles. The SMILES string of the molecule is C=C(CO)SC(=C(C)C)c1csc(NC(=O)[C@H]2C[C@@H](F)C2)n1. The van der Waals surface area contributed by atoms with E-state index in [0.29, 0.717) is 22.9 Å². The van der Waals surface area contributed by atoms with Crippen molar-refractivity contribution in [3.05, 3.63) is 28.1 Å². The summed E-state index contributed by atoms with van der Waals surface area (Å²) >= 11 is 2.71. The zero-order valence-electron chi connectivity index (χ0n) is 12.6. The highest BCUT2D eigenvalue weighted by molar-refractivity contribution is 8.11. The van der Waals surface area contributed by atoms with Crippen LogP contribution < -0.4 is 5.32 Å². The predicted octanol–water partition coefficient (Wildman–Crippen LogP) is 3.82. The molecule has 0 bridgehead atoms. The largest absolute Gasteiger partial charge is 0.391 e. The summed E-state index contributed by atoms with van der Waals surface area (Å²) in [5, 5.41) is 14.2. The third kappa shape index (κ3) is 4.18. The number of carbonyl (C=O) groups is 1. The minimum Gasteiger partial charge on any atom is -0.391 e. The van der Waals surface area contributed by atoms with Gasteiger partial charge in [0, 0.05) is 21.1 Å². The maximum atomic E-state index is 12.8. The number of hydrogen-bond acceptors (Lipinski definition) is 5. The van der Waals surface area contributed by atoms with Gasteiger partial charge >= 0.3 is 0 Å². The molecule has 0 atom stereocenters. The van der Waals surface area contributed by atoms with Gasteiger partial charge < -0.3 is 10.4 Å². The van der Waals surface area contributed by atoms with Crippen molar-refractivity contribution in [2.75, 3.05) is 11.9 Å². The van der Waals surface area contributed by atoms with E-state index in [4.69, 9.17) is 5.11 Å². The molecule has 0 unspecified atom stereocenters. The van der Waals surface area contributed by atoms with Crippen molar-refractivity contribution in [1.82, 2.24) is 4.98 Å². The second-order valence-electron chi connectivity index (χ2n) is 5.42. The lowest BCUT2D eigenvalue weighted by atomic mass is 9.83. The number of carbonyl (C=O) groups excluding carboxylic acids is 1. The summed E-state index contributed by atoms with van der Waals surface area (Å²) in [6.07, 6.45) is -0.244. The number of aliphatic hydroxyl groups excluding tert-OH is 1. The van der Waals surface area contributed by atoms with Gasteiger partial charge in [-0.2, -0.15) is 0 Å². The van der Waals surface area contributed by atoms with E-state index in [1.54, 1.807) is 0 Å². The summed E-state index contributed by atoms with van der Waals surface area (Å²) in [6, 6.07) is 0. The van der Waals surface area contributed by atoms with Gasteiger partial charge in [0.2, 0.25) is 5.91 Å². The predicted molar refractivity (Wildman–Crippen MR) is 90.4 cm³/mol. The minimum absolute atomic E-state index is 0.0960. The Morgan fingerprint density at radius 1 is 1.59 bits per heavy atom. The fourth-order valence-electron chi connectivity index (χ4n) is 1.99. The van der Waals surface area contributed by atoms with E-state index in [0.717, 1.165) is 16.2 Å². The van der Waals surface area contributed by atoms with Crippen LogP contribution in [0.1, 0.15) is 32.4 Å². The first-order chi connectivity index (χ1) is 10.4. The number of thiazole rings is 1. The van der Waals surface area contributed by atoms with Gasteiger partial charge in [0.05, 0.1) is 12.3 Å². The first-order valence-corrected chi connectivity index (χ1v) is 8.65. The van der Waals surface area contributed by atoms with Crippen molar-refractivity contribution in [3.8, 4) is 0 Å². The summed E-state index contributed by atoms with van der Waals surface area (Å²) in [5.74, 6) is -0.408. The molecular weight excluding hydrogens is 323 g/mol. The highest BCUT2D eigenvalue weighted by Crippen LogP contribution is 2.37. The summed E-state index contributed by atoms with van der Waals surface area (Å²) in [6.45, 7) is 7.60. The molecule has 1 aromatic heterocycles. The molecule has 2 N–H and O–H groups in total. The molecule has 0 saturated heterocycles. The molecule has 120 valence electrons. The number of alkyl halides is 1. The lowest BCUT2D eigenvalue weighted by Gasteiger charge is -2.27. The van der Waals surface area contributed by atoms with Gasteiger partial charge in [-0.05, 0) is 26.7 Å². The van der Waals surface area contributed by atoms with Crippen molar-refractivity contribution in [3.63, 3.8) is 0 Å². The smallest absolute Gasteiger partial charge is 0.229 e. The molecule has 0 spiro atoms. The normalized spacial score (nSPS) is 20.2. The summed E-state index contributed by atoms with van der Waals surface area (Å²) < 4.78 is 12.8. The van der Waals surface area contributed by atoms with Crippen molar-refractivity contribution in [1.29, 1.82) is 0 Å². The Balaban J connectivity index is 2.04. The average Bonchev–Trinajstić information content (AvgIpc) is 2.88. The molecule has 0 aromatic carbocycles. The number of allylic oxidation sites excluding steroid dienone is 1. The molecule has 22 heavy (non-hydrogen) atoms. The molecule has 4 nitrogen and oxygen atoms in total. The molecule has 0 radical (unpaired) electrons. The molecule has 2 rings (SSSR count). The van der Waals surface area contributed by atoms with E-state index in [-0.39, 0.29) is 18.4 Å². The van der Waals surface area contributed by atoms with E-state index in [9.17, 15) is 9.18 Å². The molecule has 7 heteroatoms. The van der Waals surface area contributed by atoms with E-state index in [1.807, 2.05) is 19.2 Å². The fourth-order valence-corrected chi connectivity index (χ4v) is 3.54. The number of aromatic nitrogens is 1. The van der Waals surface area contributed by atoms with Crippen molar-refractivity contribution in [2.24, 2.45) is 5.92 Å². The van der Waals surface area contributed by atoms with Crippen LogP contribution in [0.15, 0.2) is 22.4 Å². The molecule has 1 fully saturated rings. The number of anilines is 1. The number of amides is 1. The molecular formula is C15H19FN2O2S2. The van der Waals surface area contributed by atoms with E-state index >= 15 is 0 Å². The van der Waals surface area contributed by atoms with Crippen LogP contribution in [0.4, 0.5) is 9.52 Å². The molecule has 1 aromatic rings.